The van der Waals surface area contributed by atoms with Crippen molar-refractivity contribution in [2.45, 2.75) is 20.5 Å². The number of halogens is 1. The van der Waals surface area contributed by atoms with Gasteiger partial charge < -0.3 is 9.47 Å². The molecule has 0 aliphatic heterocycles. The quantitative estimate of drug-likeness (QED) is 0.106. The van der Waals surface area contributed by atoms with Crippen LogP contribution in [0.15, 0.2) is 60.7 Å². The maximum atomic E-state index is 11.0. The van der Waals surface area contributed by atoms with Gasteiger partial charge in [-0.2, -0.15) is 5.26 Å². The molecule has 0 radical (unpaired) electrons. The lowest BCUT2D eigenvalue weighted by molar-refractivity contribution is -0.384. The number of nitriles is 1. The highest BCUT2D eigenvalue weighted by Gasteiger charge is 2.14. The van der Waals surface area contributed by atoms with Crippen molar-refractivity contribution >= 4 is 39.9 Å². The highest BCUT2D eigenvalue weighted by atomic mass is 127. The number of allylic oxidation sites excluding steroid dienone is 1. The van der Waals surface area contributed by atoms with Crippen molar-refractivity contribution < 1.29 is 14.4 Å². The van der Waals surface area contributed by atoms with E-state index in [1.54, 1.807) is 12.1 Å². The second-order valence-corrected chi connectivity index (χ2v) is 8.18. The first-order valence-corrected chi connectivity index (χ1v) is 11.0. The number of hydrogen-bond acceptors (Lipinski definition) is 5. The minimum Gasteiger partial charge on any atom is -0.490 e. The number of nitro benzene ring substituents is 1. The largest absolute Gasteiger partial charge is 0.490 e. The van der Waals surface area contributed by atoms with E-state index in [0.29, 0.717) is 29.2 Å². The van der Waals surface area contributed by atoms with E-state index in [1.807, 2.05) is 56.3 Å². The van der Waals surface area contributed by atoms with Crippen LogP contribution in [0, 0.1) is 31.9 Å². The summed E-state index contributed by atoms with van der Waals surface area (Å²) in [4.78, 5) is 10.6. The van der Waals surface area contributed by atoms with Gasteiger partial charge in [-0.3, -0.25) is 10.1 Å². The molecule has 0 spiro atoms. The summed E-state index contributed by atoms with van der Waals surface area (Å²) in [6, 6.07) is 20.2. The van der Waals surface area contributed by atoms with Crippen molar-refractivity contribution in [2.75, 3.05) is 6.61 Å². The van der Waals surface area contributed by atoms with Crippen LogP contribution in [0.3, 0.4) is 0 Å². The van der Waals surface area contributed by atoms with Crippen molar-refractivity contribution in [3.8, 4) is 17.6 Å². The lowest BCUT2D eigenvalue weighted by Gasteiger charge is -2.15. The van der Waals surface area contributed by atoms with Crippen molar-refractivity contribution in [3.63, 3.8) is 0 Å². The molecular formula is C25H21IN2O4. The molecule has 3 aromatic rings. The Morgan fingerprint density at radius 3 is 2.56 bits per heavy atom. The van der Waals surface area contributed by atoms with Gasteiger partial charge in [0.05, 0.1) is 26.7 Å². The molecule has 0 aliphatic carbocycles. The number of ether oxygens (including phenoxy) is 2. The zero-order valence-electron chi connectivity index (χ0n) is 17.7. The second-order valence-electron chi connectivity index (χ2n) is 7.01. The fourth-order valence-electron chi connectivity index (χ4n) is 3.07. The van der Waals surface area contributed by atoms with Gasteiger partial charge in [0.15, 0.2) is 11.5 Å². The lowest BCUT2D eigenvalue weighted by atomic mass is 10.0. The minimum atomic E-state index is -0.430. The van der Waals surface area contributed by atoms with Crippen molar-refractivity contribution in [1.29, 1.82) is 5.26 Å². The van der Waals surface area contributed by atoms with Crippen LogP contribution >= 0.6 is 22.6 Å². The standard InChI is InChI=1S/C25H21IN2O4/c1-3-31-24-14-19(11-21(15-27)20-9-7-17(2)8-10-20)13-23(26)25(24)32-16-18-5-4-6-22(12-18)28(29)30/h4-14H,3,16H2,1-2H3/b21-11-. The smallest absolute Gasteiger partial charge is 0.269 e. The van der Waals surface area contributed by atoms with Crippen LogP contribution in [0.25, 0.3) is 11.6 Å². The van der Waals surface area contributed by atoms with Gasteiger partial charge in [-0.1, -0.05) is 42.0 Å². The Kier molecular flexibility index (Phi) is 7.84. The molecule has 0 atom stereocenters. The zero-order chi connectivity index (χ0) is 23.1. The molecule has 0 aliphatic rings. The molecule has 0 amide bonds. The summed E-state index contributed by atoms with van der Waals surface area (Å²) in [6.45, 7) is 4.49. The molecule has 32 heavy (non-hydrogen) atoms. The highest BCUT2D eigenvalue weighted by Crippen LogP contribution is 2.36. The van der Waals surface area contributed by atoms with E-state index >= 15 is 0 Å². The average Bonchev–Trinajstić information content (AvgIpc) is 2.78. The number of hydrogen-bond donors (Lipinski definition) is 0. The van der Waals surface area contributed by atoms with Crippen LogP contribution in [-0.2, 0) is 6.61 Å². The van der Waals surface area contributed by atoms with Crippen molar-refractivity contribution in [2.24, 2.45) is 0 Å². The highest BCUT2D eigenvalue weighted by molar-refractivity contribution is 14.1. The maximum absolute atomic E-state index is 11.0. The minimum absolute atomic E-state index is 0.0199. The van der Waals surface area contributed by atoms with Gasteiger partial charge in [-0.25, -0.2) is 0 Å². The number of benzene rings is 3. The summed E-state index contributed by atoms with van der Waals surface area (Å²) in [6.07, 6.45) is 1.82. The summed E-state index contributed by atoms with van der Waals surface area (Å²) >= 11 is 2.16. The Balaban J connectivity index is 1.90. The van der Waals surface area contributed by atoms with Gasteiger partial charge in [-0.15, -0.1) is 0 Å². The molecule has 0 aromatic heterocycles. The molecule has 0 saturated heterocycles. The molecule has 0 unspecified atom stereocenters. The normalized spacial score (nSPS) is 11.0. The molecule has 3 aromatic carbocycles. The Bertz CT molecular complexity index is 1200. The fourth-order valence-corrected chi connectivity index (χ4v) is 3.85. The number of aryl methyl sites for hydroxylation is 1. The fraction of sp³-hybridized carbons (Fsp3) is 0.160. The molecule has 0 N–H and O–H groups in total. The summed E-state index contributed by atoms with van der Waals surface area (Å²) in [5.41, 5.74) is 4.05. The monoisotopic (exact) mass is 540 g/mol. The van der Waals surface area contributed by atoms with Gasteiger partial charge in [0.25, 0.3) is 5.69 Å². The van der Waals surface area contributed by atoms with E-state index in [9.17, 15) is 15.4 Å². The lowest BCUT2D eigenvalue weighted by Crippen LogP contribution is -2.02. The maximum Gasteiger partial charge on any atom is 0.269 e. The average molecular weight is 540 g/mol. The zero-order valence-corrected chi connectivity index (χ0v) is 19.8. The first-order chi connectivity index (χ1) is 15.4. The summed E-state index contributed by atoms with van der Waals surface area (Å²) in [5, 5.41) is 20.7. The Hall–Kier alpha value is -3.38. The second kappa shape index (κ2) is 10.8. The van der Waals surface area contributed by atoms with E-state index in [1.165, 1.54) is 12.1 Å². The van der Waals surface area contributed by atoms with Gasteiger partial charge in [0, 0.05) is 12.1 Å². The number of nitrogens with zero attached hydrogens (tertiary/aromatic N) is 2. The molecule has 162 valence electrons. The third kappa shape index (κ3) is 5.86. The molecular weight excluding hydrogens is 519 g/mol. The molecule has 0 bridgehead atoms. The van der Waals surface area contributed by atoms with Gasteiger partial charge in [0.2, 0.25) is 0 Å². The van der Waals surface area contributed by atoms with Gasteiger partial charge in [0.1, 0.15) is 6.61 Å². The van der Waals surface area contributed by atoms with Gasteiger partial charge in [-0.05, 0) is 71.3 Å². The number of non-ortho nitro benzene ring substituents is 1. The first kappa shape index (κ1) is 23.3. The van der Waals surface area contributed by atoms with Crippen molar-refractivity contribution in [1.82, 2.24) is 0 Å². The van der Waals surface area contributed by atoms with Crippen LogP contribution in [0.5, 0.6) is 11.5 Å². The number of nitro groups is 1. The number of rotatable bonds is 8. The van der Waals surface area contributed by atoms with Crippen LogP contribution in [0.2, 0.25) is 0 Å². The third-order valence-corrected chi connectivity index (χ3v) is 5.43. The molecule has 6 nitrogen and oxygen atoms in total. The molecule has 0 heterocycles. The van der Waals surface area contributed by atoms with E-state index < -0.39 is 4.92 Å². The van der Waals surface area contributed by atoms with E-state index in [4.69, 9.17) is 9.47 Å². The van der Waals surface area contributed by atoms with E-state index in [2.05, 4.69) is 28.7 Å². The SMILES string of the molecule is CCOc1cc(/C=C(/C#N)c2ccc(C)cc2)cc(I)c1OCc1cccc([N+](=O)[O-])c1. The predicted octanol–water partition coefficient (Wildman–Crippen LogP) is 6.55. The van der Waals surface area contributed by atoms with Crippen LogP contribution in [0.4, 0.5) is 5.69 Å². The van der Waals surface area contributed by atoms with Crippen LogP contribution in [0.1, 0.15) is 29.2 Å². The molecule has 7 heteroatoms. The summed E-state index contributed by atoms with van der Waals surface area (Å²) in [7, 11) is 0. The molecule has 0 saturated carbocycles. The van der Waals surface area contributed by atoms with E-state index in [0.717, 1.165) is 20.3 Å². The van der Waals surface area contributed by atoms with E-state index in [-0.39, 0.29) is 12.3 Å². The van der Waals surface area contributed by atoms with Gasteiger partial charge >= 0.3 is 0 Å². The molecule has 3 rings (SSSR count). The Labute approximate surface area is 200 Å². The summed E-state index contributed by atoms with van der Waals surface area (Å²) in [5.74, 6) is 1.11. The third-order valence-electron chi connectivity index (χ3n) is 4.63. The van der Waals surface area contributed by atoms with Crippen molar-refractivity contribution in [3.05, 3.63) is 96.6 Å². The topological polar surface area (TPSA) is 85.4 Å². The van der Waals surface area contributed by atoms with Crippen LogP contribution in [-0.4, -0.2) is 11.5 Å². The summed E-state index contributed by atoms with van der Waals surface area (Å²) < 4.78 is 12.6. The first-order valence-electron chi connectivity index (χ1n) is 9.92. The molecule has 0 fully saturated rings. The Morgan fingerprint density at radius 1 is 1.16 bits per heavy atom. The van der Waals surface area contributed by atoms with Crippen LogP contribution < -0.4 is 9.47 Å². The Morgan fingerprint density at radius 2 is 1.91 bits per heavy atom. The predicted molar refractivity (Wildman–Crippen MR) is 132 cm³/mol.